The summed E-state index contributed by atoms with van der Waals surface area (Å²) in [7, 11) is 0. The van der Waals surface area contributed by atoms with Gasteiger partial charge in [0.05, 0.1) is 31.5 Å². The first-order chi connectivity index (χ1) is 12.2. The monoisotopic (exact) mass is 348 g/mol. The van der Waals surface area contributed by atoms with Gasteiger partial charge in [0.1, 0.15) is 6.61 Å². The Morgan fingerprint density at radius 1 is 1.24 bits per heavy atom. The maximum Gasteiger partial charge on any atom is 0.410 e. The molecule has 0 spiro atoms. The van der Waals surface area contributed by atoms with Crippen LogP contribution in [0.4, 0.5) is 4.79 Å². The number of benzene rings is 1. The molecule has 6 nitrogen and oxygen atoms in total. The zero-order chi connectivity index (χ0) is 17.5. The maximum absolute atomic E-state index is 12.2. The molecule has 3 atom stereocenters. The van der Waals surface area contributed by atoms with Gasteiger partial charge in [0, 0.05) is 19.6 Å². The van der Waals surface area contributed by atoms with Crippen LogP contribution in [0.2, 0.25) is 0 Å². The Hall–Kier alpha value is -1.63. The van der Waals surface area contributed by atoms with Crippen LogP contribution < -0.4 is 5.32 Å². The molecule has 0 radical (unpaired) electrons. The number of ether oxygens (including phenoxy) is 3. The first kappa shape index (κ1) is 18.2. The lowest BCUT2D eigenvalue weighted by Crippen LogP contribution is -2.49. The molecule has 2 aliphatic heterocycles. The van der Waals surface area contributed by atoms with Crippen molar-refractivity contribution in [2.45, 2.75) is 44.7 Å². The van der Waals surface area contributed by atoms with Crippen LogP contribution in [0.3, 0.4) is 0 Å². The van der Waals surface area contributed by atoms with Crippen LogP contribution in [-0.4, -0.2) is 62.1 Å². The first-order valence-corrected chi connectivity index (χ1v) is 9.14. The van der Waals surface area contributed by atoms with Crippen molar-refractivity contribution in [3.8, 4) is 0 Å². The zero-order valence-corrected chi connectivity index (χ0v) is 14.9. The van der Waals surface area contributed by atoms with Gasteiger partial charge in [-0.25, -0.2) is 4.79 Å². The van der Waals surface area contributed by atoms with Gasteiger partial charge in [-0.05, 0) is 25.3 Å². The Morgan fingerprint density at radius 2 is 2.04 bits per heavy atom. The average molecular weight is 348 g/mol. The van der Waals surface area contributed by atoms with Crippen LogP contribution in [0.5, 0.6) is 0 Å². The van der Waals surface area contributed by atoms with Crippen molar-refractivity contribution in [2.24, 2.45) is 0 Å². The van der Waals surface area contributed by atoms with Crippen molar-refractivity contribution in [3.63, 3.8) is 0 Å². The van der Waals surface area contributed by atoms with Gasteiger partial charge in [-0.15, -0.1) is 0 Å². The second kappa shape index (κ2) is 9.17. The number of amides is 1. The molecular formula is C19H28N2O4. The van der Waals surface area contributed by atoms with Gasteiger partial charge < -0.3 is 24.4 Å². The van der Waals surface area contributed by atoms with Crippen molar-refractivity contribution in [1.82, 2.24) is 10.2 Å². The van der Waals surface area contributed by atoms with Crippen LogP contribution in [-0.2, 0) is 20.8 Å². The summed E-state index contributed by atoms with van der Waals surface area (Å²) in [6.45, 7) is 5.65. The molecule has 3 unspecified atom stereocenters. The molecule has 1 amide bonds. The molecule has 1 N–H and O–H groups in total. The highest BCUT2D eigenvalue weighted by Crippen LogP contribution is 2.18. The Labute approximate surface area is 149 Å². The predicted molar refractivity (Wildman–Crippen MR) is 94.4 cm³/mol. The van der Waals surface area contributed by atoms with E-state index in [0.29, 0.717) is 38.5 Å². The first-order valence-electron chi connectivity index (χ1n) is 9.14. The van der Waals surface area contributed by atoms with E-state index in [1.807, 2.05) is 30.3 Å². The molecular weight excluding hydrogens is 320 g/mol. The molecule has 2 aliphatic rings. The molecule has 2 saturated heterocycles. The van der Waals surface area contributed by atoms with Crippen LogP contribution >= 0.6 is 0 Å². The summed E-state index contributed by atoms with van der Waals surface area (Å²) in [4.78, 5) is 14.0. The van der Waals surface area contributed by atoms with E-state index >= 15 is 0 Å². The predicted octanol–water partition coefficient (Wildman–Crippen LogP) is 2.18. The number of nitrogens with zero attached hydrogens (tertiary/aromatic N) is 1. The third-order valence-corrected chi connectivity index (χ3v) is 4.67. The standard InChI is InChI=1S/C19H28N2O4/c1-15-7-8-17(25-15)11-20-12-18-13-21(9-10-23-18)19(22)24-14-16-5-3-2-4-6-16/h2-6,15,17-18,20H,7-14H2,1H3. The second-order valence-electron chi connectivity index (χ2n) is 6.78. The van der Waals surface area contributed by atoms with E-state index in [0.717, 1.165) is 31.5 Å². The van der Waals surface area contributed by atoms with Gasteiger partial charge in [-0.1, -0.05) is 30.3 Å². The highest BCUT2D eigenvalue weighted by Gasteiger charge is 2.26. The van der Waals surface area contributed by atoms with Crippen molar-refractivity contribution in [1.29, 1.82) is 0 Å². The summed E-state index contributed by atoms with van der Waals surface area (Å²) < 4.78 is 17.0. The van der Waals surface area contributed by atoms with Crippen LogP contribution in [0.15, 0.2) is 30.3 Å². The van der Waals surface area contributed by atoms with E-state index in [1.54, 1.807) is 4.90 Å². The minimum Gasteiger partial charge on any atom is -0.445 e. The zero-order valence-electron chi connectivity index (χ0n) is 14.9. The summed E-state index contributed by atoms with van der Waals surface area (Å²) in [5.41, 5.74) is 0.994. The van der Waals surface area contributed by atoms with Crippen LogP contribution in [0.25, 0.3) is 0 Å². The summed E-state index contributed by atoms with van der Waals surface area (Å²) in [5, 5.41) is 3.41. The fourth-order valence-electron chi connectivity index (χ4n) is 3.26. The highest BCUT2D eigenvalue weighted by atomic mass is 16.6. The van der Waals surface area contributed by atoms with E-state index in [2.05, 4.69) is 12.2 Å². The molecule has 2 fully saturated rings. The van der Waals surface area contributed by atoms with E-state index in [-0.39, 0.29) is 12.2 Å². The lowest BCUT2D eigenvalue weighted by Gasteiger charge is -2.32. The second-order valence-corrected chi connectivity index (χ2v) is 6.78. The summed E-state index contributed by atoms with van der Waals surface area (Å²) in [6, 6.07) is 9.72. The van der Waals surface area contributed by atoms with Gasteiger partial charge >= 0.3 is 6.09 Å². The Balaban J connectivity index is 1.36. The number of hydrogen-bond acceptors (Lipinski definition) is 5. The Bertz CT molecular complexity index is 539. The number of carbonyl (C=O) groups is 1. The van der Waals surface area contributed by atoms with E-state index in [4.69, 9.17) is 14.2 Å². The largest absolute Gasteiger partial charge is 0.445 e. The number of morpholine rings is 1. The topological polar surface area (TPSA) is 60.0 Å². The summed E-state index contributed by atoms with van der Waals surface area (Å²) >= 11 is 0. The number of nitrogens with one attached hydrogen (secondary N) is 1. The molecule has 6 heteroatoms. The Kier molecular flexibility index (Phi) is 6.67. The van der Waals surface area contributed by atoms with E-state index in [9.17, 15) is 4.79 Å². The van der Waals surface area contributed by atoms with Gasteiger partial charge in [-0.3, -0.25) is 0 Å². The Morgan fingerprint density at radius 3 is 2.80 bits per heavy atom. The molecule has 138 valence electrons. The molecule has 1 aromatic rings. The van der Waals surface area contributed by atoms with Gasteiger partial charge in [0.2, 0.25) is 0 Å². The van der Waals surface area contributed by atoms with E-state index < -0.39 is 0 Å². The van der Waals surface area contributed by atoms with Crippen molar-refractivity contribution in [2.75, 3.05) is 32.8 Å². The quantitative estimate of drug-likeness (QED) is 0.854. The fourth-order valence-corrected chi connectivity index (χ4v) is 3.26. The number of rotatable bonds is 6. The third kappa shape index (κ3) is 5.70. The highest BCUT2D eigenvalue weighted by molar-refractivity contribution is 5.67. The lowest BCUT2D eigenvalue weighted by molar-refractivity contribution is -0.0286. The van der Waals surface area contributed by atoms with Crippen molar-refractivity contribution < 1.29 is 19.0 Å². The molecule has 1 aromatic carbocycles. The van der Waals surface area contributed by atoms with E-state index in [1.165, 1.54) is 0 Å². The fraction of sp³-hybridized carbons (Fsp3) is 0.632. The molecule has 25 heavy (non-hydrogen) atoms. The summed E-state index contributed by atoms with van der Waals surface area (Å²) in [6.07, 6.45) is 2.63. The normalized spacial score (nSPS) is 26.6. The molecule has 3 rings (SSSR count). The molecule has 0 aromatic heterocycles. The van der Waals surface area contributed by atoms with Crippen LogP contribution in [0, 0.1) is 0 Å². The minimum atomic E-state index is -0.273. The summed E-state index contributed by atoms with van der Waals surface area (Å²) in [5.74, 6) is 0. The minimum absolute atomic E-state index is 0.00291. The van der Waals surface area contributed by atoms with Gasteiger partial charge in [0.15, 0.2) is 0 Å². The molecule has 0 aliphatic carbocycles. The maximum atomic E-state index is 12.2. The van der Waals surface area contributed by atoms with Crippen molar-refractivity contribution in [3.05, 3.63) is 35.9 Å². The number of hydrogen-bond donors (Lipinski definition) is 1. The molecule has 0 saturated carbocycles. The third-order valence-electron chi connectivity index (χ3n) is 4.67. The van der Waals surface area contributed by atoms with Gasteiger partial charge in [0.25, 0.3) is 0 Å². The number of carbonyl (C=O) groups excluding carboxylic acids is 1. The smallest absolute Gasteiger partial charge is 0.410 e. The SMILES string of the molecule is CC1CCC(CNCC2CN(C(=O)OCc3ccccc3)CCO2)O1. The van der Waals surface area contributed by atoms with Crippen molar-refractivity contribution >= 4 is 6.09 Å². The molecule has 2 heterocycles. The molecule has 0 bridgehead atoms. The van der Waals surface area contributed by atoms with Gasteiger partial charge in [-0.2, -0.15) is 0 Å². The average Bonchev–Trinajstić information content (AvgIpc) is 3.06. The van der Waals surface area contributed by atoms with Crippen LogP contribution in [0.1, 0.15) is 25.3 Å². The lowest BCUT2D eigenvalue weighted by atomic mass is 10.2.